The number of nitrogens with one attached hydrogen (secondary N) is 1. The molecule has 1 unspecified atom stereocenters. The van der Waals surface area contributed by atoms with Crippen LogP contribution in [0.2, 0.25) is 0 Å². The van der Waals surface area contributed by atoms with E-state index in [0.29, 0.717) is 22.8 Å². The van der Waals surface area contributed by atoms with Crippen LogP contribution in [0.25, 0.3) is 0 Å². The van der Waals surface area contributed by atoms with Crippen molar-refractivity contribution in [1.82, 2.24) is 9.88 Å². The van der Waals surface area contributed by atoms with E-state index in [2.05, 4.69) is 10.1 Å². The minimum Gasteiger partial charge on any atom is -0.496 e. The molecule has 0 radical (unpaired) electrons. The van der Waals surface area contributed by atoms with Crippen LogP contribution in [-0.4, -0.2) is 40.6 Å². The Morgan fingerprint density at radius 3 is 2.84 bits per heavy atom. The molecule has 1 aliphatic heterocycles. The van der Waals surface area contributed by atoms with Crippen molar-refractivity contribution in [1.29, 1.82) is 0 Å². The molecule has 1 aromatic heterocycles. The van der Waals surface area contributed by atoms with Crippen LogP contribution < -0.4 is 4.74 Å². The largest absolute Gasteiger partial charge is 0.496 e. The summed E-state index contributed by atoms with van der Waals surface area (Å²) in [6.07, 6.45) is 1.07. The average Bonchev–Trinajstić information content (AvgIpc) is 3.13. The number of oxime groups is 1. The van der Waals surface area contributed by atoms with Crippen molar-refractivity contribution in [3.63, 3.8) is 0 Å². The third-order valence-electron chi connectivity index (χ3n) is 4.02. The summed E-state index contributed by atoms with van der Waals surface area (Å²) in [6.45, 7) is 3.36. The first-order valence-corrected chi connectivity index (χ1v) is 7.88. The highest BCUT2D eigenvalue weighted by atomic mass is 16.6. The molecule has 25 heavy (non-hydrogen) atoms. The monoisotopic (exact) mass is 341 g/mol. The van der Waals surface area contributed by atoms with Gasteiger partial charge in [-0.05, 0) is 44.2 Å². The number of nitrogens with zero attached hydrogens (tertiary/aromatic N) is 2. The average molecular weight is 341 g/mol. The number of rotatable bonds is 5. The lowest BCUT2D eigenvalue weighted by Gasteiger charge is -2.30. The van der Waals surface area contributed by atoms with Crippen LogP contribution in [0.15, 0.2) is 41.7 Å². The Bertz CT molecular complexity index is 827. The zero-order valence-corrected chi connectivity index (χ0v) is 14.3. The number of amides is 1. The summed E-state index contributed by atoms with van der Waals surface area (Å²) in [5, 5.41) is 4.08. The van der Waals surface area contributed by atoms with E-state index in [-0.39, 0.29) is 18.2 Å². The van der Waals surface area contributed by atoms with Crippen molar-refractivity contribution in [3.8, 4) is 5.75 Å². The van der Waals surface area contributed by atoms with E-state index in [0.717, 1.165) is 5.56 Å². The number of aromatic nitrogens is 1. The Hall–Kier alpha value is -3.09. The molecule has 3 rings (SSSR count). The lowest BCUT2D eigenvalue weighted by Crippen LogP contribution is -2.46. The van der Waals surface area contributed by atoms with E-state index in [1.54, 1.807) is 38.4 Å². The van der Waals surface area contributed by atoms with Gasteiger partial charge in [0, 0.05) is 17.3 Å². The fraction of sp³-hybridized carbons (Fsp3) is 0.278. The van der Waals surface area contributed by atoms with Crippen LogP contribution in [0.3, 0.4) is 0 Å². The molecule has 7 heteroatoms. The van der Waals surface area contributed by atoms with Crippen molar-refractivity contribution >= 4 is 17.5 Å². The molecule has 0 saturated carbocycles. The molecule has 1 N–H and O–H groups in total. The van der Waals surface area contributed by atoms with Crippen molar-refractivity contribution < 1.29 is 19.2 Å². The normalized spacial score (nSPS) is 17.1. The lowest BCUT2D eigenvalue weighted by molar-refractivity contribution is -0.142. The number of carbonyl (C=O) groups excluding carboxylic acids is 2. The van der Waals surface area contributed by atoms with Gasteiger partial charge in [-0.1, -0.05) is 5.16 Å². The maximum absolute atomic E-state index is 12.7. The summed E-state index contributed by atoms with van der Waals surface area (Å²) in [4.78, 5) is 34.1. The second-order valence-electron chi connectivity index (χ2n) is 5.75. The quantitative estimate of drug-likeness (QED) is 0.846. The molecule has 2 aromatic rings. The first kappa shape index (κ1) is 16.8. The number of benzene rings is 1. The predicted molar refractivity (Wildman–Crippen MR) is 91.4 cm³/mol. The SMILES string of the molecule is COc1ccc(C(C)=O)cc1CN1C(=O)C(C)ON=C1c1ccc[nH]1. The molecule has 7 nitrogen and oxygen atoms in total. The van der Waals surface area contributed by atoms with Crippen LogP contribution in [0.1, 0.15) is 35.5 Å². The second-order valence-corrected chi connectivity index (χ2v) is 5.75. The molecule has 0 fully saturated rings. The van der Waals surface area contributed by atoms with Gasteiger partial charge in [0.1, 0.15) is 5.75 Å². The number of aromatic amines is 1. The Balaban J connectivity index is 2.00. The van der Waals surface area contributed by atoms with E-state index < -0.39 is 6.10 Å². The molecular weight excluding hydrogens is 322 g/mol. The van der Waals surface area contributed by atoms with Gasteiger partial charge in [0.05, 0.1) is 19.3 Å². The van der Waals surface area contributed by atoms with Crippen LogP contribution in [0, 0.1) is 0 Å². The van der Waals surface area contributed by atoms with Crippen molar-refractivity contribution in [2.75, 3.05) is 7.11 Å². The van der Waals surface area contributed by atoms with Crippen molar-refractivity contribution in [2.45, 2.75) is 26.5 Å². The lowest BCUT2D eigenvalue weighted by atomic mass is 10.1. The Kier molecular flexibility index (Phi) is 4.56. The number of H-pyrrole nitrogens is 1. The van der Waals surface area contributed by atoms with E-state index in [4.69, 9.17) is 9.57 Å². The highest BCUT2D eigenvalue weighted by Crippen LogP contribution is 2.25. The second kappa shape index (κ2) is 6.80. The fourth-order valence-corrected chi connectivity index (χ4v) is 2.66. The van der Waals surface area contributed by atoms with Gasteiger partial charge in [-0.3, -0.25) is 14.5 Å². The first-order chi connectivity index (χ1) is 12.0. The number of ketones is 1. The van der Waals surface area contributed by atoms with Crippen LogP contribution in [0.5, 0.6) is 5.75 Å². The number of methoxy groups -OCH3 is 1. The summed E-state index contributed by atoms with van der Waals surface area (Å²) in [5.41, 5.74) is 1.95. The topological polar surface area (TPSA) is 84.0 Å². The van der Waals surface area contributed by atoms with Gasteiger partial charge in [0.25, 0.3) is 5.91 Å². The van der Waals surface area contributed by atoms with Crippen LogP contribution >= 0.6 is 0 Å². The number of carbonyl (C=O) groups is 2. The van der Waals surface area contributed by atoms with Crippen LogP contribution in [-0.2, 0) is 16.2 Å². The van der Waals surface area contributed by atoms with E-state index >= 15 is 0 Å². The molecule has 0 spiro atoms. The van der Waals surface area contributed by atoms with Gasteiger partial charge in [-0.25, -0.2) is 0 Å². The molecule has 1 aromatic carbocycles. The Labute approximate surface area is 145 Å². The predicted octanol–water partition coefficient (Wildman–Crippen LogP) is 2.33. The maximum Gasteiger partial charge on any atom is 0.272 e. The first-order valence-electron chi connectivity index (χ1n) is 7.88. The summed E-state index contributed by atoms with van der Waals surface area (Å²) in [5.74, 6) is 0.727. The summed E-state index contributed by atoms with van der Waals surface area (Å²) < 4.78 is 5.38. The van der Waals surface area contributed by atoms with Gasteiger partial charge < -0.3 is 14.6 Å². The maximum atomic E-state index is 12.7. The molecule has 0 bridgehead atoms. The summed E-state index contributed by atoms with van der Waals surface area (Å²) >= 11 is 0. The highest BCUT2D eigenvalue weighted by Gasteiger charge is 2.33. The third kappa shape index (κ3) is 3.26. The molecule has 2 heterocycles. The molecule has 1 atom stereocenters. The van der Waals surface area contributed by atoms with E-state index in [9.17, 15) is 9.59 Å². The number of hydrogen-bond donors (Lipinski definition) is 1. The smallest absolute Gasteiger partial charge is 0.272 e. The number of hydrogen-bond acceptors (Lipinski definition) is 5. The van der Waals surface area contributed by atoms with Gasteiger partial charge in [0.2, 0.25) is 6.10 Å². The summed E-state index contributed by atoms with van der Waals surface area (Å²) in [6, 6.07) is 8.79. The number of amidine groups is 1. The van der Waals surface area contributed by atoms with Gasteiger partial charge in [-0.15, -0.1) is 0 Å². The van der Waals surface area contributed by atoms with Gasteiger partial charge in [-0.2, -0.15) is 0 Å². The van der Waals surface area contributed by atoms with Crippen molar-refractivity contribution in [3.05, 3.63) is 53.3 Å². The molecule has 0 saturated heterocycles. The van der Waals surface area contributed by atoms with E-state index in [1.807, 2.05) is 12.1 Å². The minimum absolute atomic E-state index is 0.0520. The highest BCUT2D eigenvalue weighted by molar-refractivity contribution is 6.08. The standard InChI is InChI=1S/C18H19N3O4/c1-11(22)13-6-7-16(24-3)14(9-13)10-21-17(15-5-4-8-19-15)20-25-12(2)18(21)23/h4-9,12,19H,10H2,1-3H3. The molecule has 1 aliphatic rings. The summed E-state index contributed by atoms with van der Waals surface area (Å²) in [7, 11) is 1.55. The molecular formula is C18H19N3O4. The Morgan fingerprint density at radius 1 is 1.40 bits per heavy atom. The van der Waals surface area contributed by atoms with Gasteiger partial charge in [0.15, 0.2) is 11.6 Å². The molecule has 130 valence electrons. The fourth-order valence-electron chi connectivity index (χ4n) is 2.66. The Morgan fingerprint density at radius 2 is 2.20 bits per heavy atom. The molecule has 1 amide bonds. The number of Topliss-reactive ketones (excluding diaryl/α,β-unsaturated/α-hetero) is 1. The third-order valence-corrected chi connectivity index (χ3v) is 4.02. The zero-order chi connectivity index (χ0) is 18.0. The zero-order valence-electron chi connectivity index (χ0n) is 14.3. The number of ether oxygens (including phenoxy) is 1. The molecule has 0 aliphatic carbocycles. The van der Waals surface area contributed by atoms with Crippen molar-refractivity contribution in [2.24, 2.45) is 5.16 Å². The minimum atomic E-state index is -0.680. The van der Waals surface area contributed by atoms with Gasteiger partial charge >= 0.3 is 0 Å². The van der Waals surface area contributed by atoms with Crippen LogP contribution in [0.4, 0.5) is 0 Å². The van der Waals surface area contributed by atoms with E-state index in [1.165, 1.54) is 11.8 Å².